The number of thiol groups is 1. The highest BCUT2D eigenvalue weighted by molar-refractivity contribution is 7.80. The summed E-state index contributed by atoms with van der Waals surface area (Å²) in [6.45, 7) is -0.421. The van der Waals surface area contributed by atoms with Gasteiger partial charge in [0.05, 0.1) is 12.3 Å². The lowest BCUT2D eigenvalue weighted by atomic mass is 10.2. The minimum Gasteiger partial charge on any atom is -0.478 e. The normalized spacial score (nSPS) is 14.2. The van der Waals surface area contributed by atoms with Gasteiger partial charge in [0.2, 0.25) is 6.10 Å². The van der Waals surface area contributed by atoms with Gasteiger partial charge in [-0.25, -0.2) is 4.79 Å². The second-order valence-corrected chi connectivity index (χ2v) is 4.19. The summed E-state index contributed by atoms with van der Waals surface area (Å²) < 4.78 is 43.7. The van der Waals surface area contributed by atoms with Crippen LogP contribution in [0.5, 0.6) is 0 Å². The van der Waals surface area contributed by atoms with Gasteiger partial charge in [0.15, 0.2) is 6.61 Å². The molecule has 0 aliphatic rings. The van der Waals surface area contributed by atoms with Gasteiger partial charge in [-0.05, 0) is 0 Å². The number of carbonyl (C=O) groups is 3. The Balaban J connectivity index is 4.45. The zero-order chi connectivity index (χ0) is 15.9. The summed E-state index contributed by atoms with van der Waals surface area (Å²) in [6, 6.07) is 0. The van der Waals surface area contributed by atoms with E-state index in [2.05, 4.69) is 22.1 Å². The highest BCUT2D eigenvalue weighted by Gasteiger charge is 2.32. The van der Waals surface area contributed by atoms with E-state index < -0.39 is 49.1 Å². The van der Waals surface area contributed by atoms with Crippen molar-refractivity contribution >= 4 is 30.5 Å². The van der Waals surface area contributed by atoms with Gasteiger partial charge in [0, 0.05) is 5.75 Å². The van der Waals surface area contributed by atoms with Crippen LogP contribution in [0.25, 0.3) is 0 Å². The summed E-state index contributed by atoms with van der Waals surface area (Å²) in [5, 5.41) is 8.73. The first-order valence-electron chi connectivity index (χ1n) is 5.33. The zero-order valence-corrected chi connectivity index (χ0v) is 11.2. The highest BCUT2D eigenvalue weighted by atomic mass is 32.1. The Kier molecular flexibility index (Phi) is 7.40. The SMILES string of the molecule is C[C@H](CS)C(=O)OC(CC(=O)OCC(F)(F)F)C(=O)O. The smallest absolute Gasteiger partial charge is 0.422 e. The Bertz CT molecular complexity index is 370. The molecule has 0 aliphatic carbocycles. The number of rotatable bonds is 7. The summed E-state index contributed by atoms with van der Waals surface area (Å²) in [4.78, 5) is 33.1. The molecule has 0 saturated heterocycles. The minimum absolute atomic E-state index is 0.0870. The van der Waals surface area contributed by atoms with Gasteiger partial charge in [0.1, 0.15) is 0 Å². The third-order valence-electron chi connectivity index (χ3n) is 1.96. The van der Waals surface area contributed by atoms with Gasteiger partial charge < -0.3 is 14.6 Å². The number of alkyl halides is 3. The van der Waals surface area contributed by atoms with E-state index in [4.69, 9.17) is 5.11 Å². The minimum atomic E-state index is -4.72. The van der Waals surface area contributed by atoms with Gasteiger partial charge >= 0.3 is 24.1 Å². The van der Waals surface area contributed by atoms with Crippen molar-refractivity contribution in [3.05, 3.63) is 0 Å². The van der Waals surface area contributed by atoms with Crippen molar-refractivity contribution in [1.29, 1.82) is 0 Å². The quantitative estimate of drug-likeness (QED) is 0.538. The van der Waals surface area contributed by atoms with Crippen LogP contribution in [0.1, 0.15) is 13.3 Å². The summed E-state index contributed by atoms with van der Waals surface area (Å²) in [5.74, 6) is -4.64. The van der Waals surface area contributed by atoms with E-state index >= 15 is 0 Å². The molecular formula is C10H13F3O6S. The molecule has 0 amide bonds. The fraction of sp³-hybridized carbons (Fsp3) is 0.700. The number of carboxylic acids is 1. The first kappa shape index (κ1) is 18.6. The number of ether oxygens (including phenoxy) is 2. The van der Waals surface area contributed by atoms with E-state index in [9.17, 15) is 27.6 Å². The molecule has 10 heteroatoms. The summed E-state index contributed by atoms with van der Waals surface area (Å²) in [7, 11) is 0. The Morgan fingerprint density at radius 3 is 2.25 bits per heavy atom. The Morgan fingerprint density at radius 1 is 1.30 bits per heavy atom. The number of hydrogen-bond donors (Lipinski definition) is 2. The van der Waals surface area contributed by atoms with Crippen molar-refractivity contribution in [1.82, 2.24) is 0 Å². The molecule has 0 heterocycles. The predicted molar refractivity (Wildman–Crippen MR) is 62.2 cm³/mol. The molecule has 20 heavy (non-hydrogen) atoms. The lowest BCUT2D eigenvalue weighted by molar-refractivity contribution is -0.189. The van der Waals surface area contributed by atoms with Crippen LogP contribution in [0, 0.1) is 5.92 Å². The maximum atomic E-state index is 11.8. The van der Waals surface area contributed by atoms with E-state index in [1.807, 2.05) is 0 Å². The molecule has 0 aliphatic heterocycles. The third kappa shape index (κ3) is 7.87. The molecule has 0 radical (unpaired) electrons. The van der Waals surface area contributed by atoms with Gasteiger partial charge in [-0.2, -0.15) is 25.8 Å². The van der Waals surface area contributed by atoms with Gasteiger partial charge in [-0.1, -0.05) is 6.92 Å². The Hall–Kier alpha value is -1.45. The molecule has 0 bridgehead atoms. The Morgan fingerprint density at radius 2 is 1.85 bits per heavy atom. The molecule has 0 aromatic rings. The van der Waals surface area contributed by atoms with Crippen molar-refractivity contribution in [2.75, 3.05) is 12.4 Å². The van der Waals surface area contributed by atoms with Crippen molar-refractivity contribution in [3.8, 4) is 0 Å². The molecule has 116 valence electrons. The average Bonchev–Trinajstić information content (AvgIpc) is 2.33. The number of halogens is 3. The van der Waals surface area contributed by atoms with Gasteiger partial charge in [-0.15, -0.1) is 0 Å². The summed E-state index contributed by atoms with van der Waals surface area (Å²) in [5.41, 5.74) is 0. The second-order valence-electron chi connectivity index (χ2n) is 3.83. The first-order valence-corrected chi connectivity index (χ1v) is 5.96. The fourth-order valence-corrected chi connectivity index (χ4v) is 1.03. The van der Waals surface area contributed by atoms with Crippen molar-refractivity contribution in [2.45, 2.75) is 25.6 Å². The van der Waals surface area contributed by atoms with Crippen LogP contribution >= 0.6 is 12.6 Å². The van der Waals surface area contributed by atoms with E-state index in [-0.39, 0.29) is 5.75 Å². The number of carbonyl (C=O) groups excluding carboxylic acids is 2. The molecule has 1 N–H and O–H groups in total. The molecule has 2 atom stereocenters. The standard InChI is InChI=1S/C10H13F3O6S/c1-5(3-20)9(17)19-6(8(15)16)2-7(14)18-4-10(11,12)13/h5-6,20H,2-4H2,1H3,(H,15,16)/t5-,6?/m1/s1. The lowest BCUT2D eigenvalue weighted by Gasteiger charge is -2.16. The predicted octanol–water partition coefficient (Wildman–Crippen LogP) is 1.04. The fourth-order valence-electron chi connectivity index (χ4n) is 0.883. The van der Waals surface area contributed by atoms with Crippen LogP contribution in [0.2, 0.25) is 0 Å². The van der Waals surface area contributed by atoms with Gasteiger partial charge in [-0.3, -0.25) is 9.59 Å². The van der Waals surface area contributed by atoms with Crippen LogP contribution in [0.15, 0.2) is 0 Å². The molecule has 6 nitrogen and oxygen atoms in total. The molecule has 1 unspecified atom stereocenters. The molecule has 0 fully saturated rings. The second kappa shape index (κ2) is 7.98. The molecule has 0 aromatic heterocycles. The molecule has 0 aromatic carbocycles. The maximum Gasteiger partial charge on any atom is 0.422 e. The first-order chi connectivity index (χ1) is 9.06. The van der Waals surface area contributed by atoms with Crippen LogP contribution in [0.3, 0.4) is 0 Å². The number of carboxylic acid groups (broad SMARTS) is 1. The van der Waals surface area contributed by atoms with Crippen molar-refractivity contribution in [2.24, 2.45) is 5.92 Å². The number of esters is 2. The van der Waals surface area contributed by atoms with Crippen LogP contribution in [0.4, 0.5) is 13.2 Å². The van der Waals surface area contributed by atoms with E-state index in [0.717, 1.165) is 0 Å². The van der Waals surface area contributed by atoms with Crippen LogP contribution in [-0.2, 0) is 23.9 Å². The average molecular weight is 318 g/mol. The zero-order valence-electron chi connectivity index (χ0n) is 10.3. The number of aliphatic carboxylic acids is 1. The summed E-state index contributed by atoms with van der Waals surface area (Å²) >= 11 is 3.80. The maximum absolute atomic E-state index is 11.8. The molecule has 0 rings (SSSR count). The molecular weight excluding hydrogens is 305 g/mol. The third-order valence-corrected chi connectivity index (χ3v) is 2.51. The Labute approximate surface area is 117 Å². The van der Waals surface area contributed by atoms with Crippen molar-refractivity contribution < 1.29 is 42.1 Å². The monoisotopic (exact) mass is 318 g/mol. The largest absolute Gasteiger partial charge is 0.478 e. The van der Waals surface area contributed by atoms with Crippen LogP contribution in [-0.4, -0.2) is 47.7 Å². The molecule has 0 spiro atoms. The van der Waals surface area contributed by atoms with Crippen molar-refractivity contribution in [3.63, 3.8) is 0 Å². The van der Waals surface area contributed by atoms with E-state index in [0.29, 0.717) is 0 Å². The van der Waals surface area contributed by atoms with E-state index in [1.165, 1.54) is 6.92 Å². The molecule has 0 saturated carbocycles. The lowest BCUT2D eigenvalue weighted by Crippen LogP contribution is -2.33. The summed E-state index contributed by atoms with van der Waals surface area (Å²) in [6.07, 6.45) is -7.62. The topological polar surface area (TPSA) is 89.9 Å². The number of hydrogen-bond acceptors (Lipinski definition) is 6. The van der Waals surface area contributed by atoms with E-state index in [1.54, 1.807) is 0 Å². The highest BCUT2D eigenvalue weighted by Crippen LogP contribution is 2.15. The van der Waals surface area contributed by atoms with Crippen LogP contribution < -0.4 is 0 Å². The van der Waals surface area contributed by atoms with Gasteiger partial charge in [0.25, 0.3) is 0 Å².